The Bertz CT molecular complexity index is 502. The summed E-state index contributed by atoms with van der Waals surface area (Å²) in [5.41, 5.74) is 6.32. The van der Waals surface area contributed by atoms with Gasteiger partial charge in [-0.05, 0) is 39.3 Å². The summed E-state index contributed by atoms with van der Waals surface area (Å²) in [5, 5.41) is 0. The number of hydrogen-bond acceptors (Lipinski definition) is 5. The molecule has 2 heterocycles. The van der Waals surface area contributed by atoms with Gasteiger partial charge in [-0.25, -0.2) is 9.78 Å². The van der Waals surface area contributed by atoms with Gasteiger partial charge in [-0.1, -0.05) is 6.07 Å². The number of rotatable bonds is 2. The number of nitrogens with zero attached hydrogens (tertiary/aromatic N) is 3. The van der Waals surface area contributed by atoms with E-state index in [-0.39, 0.29) is 12.1 Å². The second-order valence-corrected chi connectivity index (χ2v) is 6.70. The van der Waals surface area contributed by atoms with E-state index in [0.717, 1.165) is 18.7 Å². The molecule has 0 bridgehead atoms. The fourth-order valence-corrected chi connectivity index (χ4v) is 2.49. The lowest BCUT2D eigenvalue weighted by molar-refractivity contribution is 0.0110. The Morgan fingerprint density at radius 1 is 1.27 bits per heavy atom. The number of amides is 1. The summed E-state index contributed by atoms with van der Waals surface area (Å²) in [5.74, 6) is 0.533. The molecule has 0 radical (unpaired) electrons. The van der Waals surface area contributed by atoms with E-state index in [1.165, 1.54) is 0 Å². The number of carbonyl (C=O) groups is 1. The highest BCUT2D eigenvalue weighted by Gasteiger charge is 2.27. The predicted octanol–water partition coefficient (Wildman–Crippen LogP) is 2.28. The smallest absolute Gasteiger partial charge is 0.410 e. The molecule has 1 aromatic rings. The van der Waals surface area contributed by atoms with Gasteiger partial charge >= 0.3 is 6.09 Å². The van der Waals surface area contributed by atoms with Crippen LogP contribution in [0.25, 0.3) is 0 Å². The van der Waals surface area contributed by atoms with Crippen LogP contribution in [0.4, 0.5) is 10.6 Å². The number of carbonyl (C=O) groups excluding carboxylic acids is 1. The average molecular weight is 306 g/mol. The Balaban J connectivity index is 1.89. The van der Waals surface area contributed by atoms with Gasteiger partial charge < -0.3 is 15.4 Å². The number of ether oxygens (including phenoxy) is 1. The lowest BCUT2D eigenvalue weighted by atomic mass is 10.1. The van der Waals surface area contributed by atoms with Gasteiger partial charge in [0.05, 0.1) is 0 Å². The summed E-state index contributed by atoms with van der Waals surface area (Å²) >= 11 is 0. The maximum Gasteiger partial charge on any atom is 0.410 e. The van der Waals surface area contributed by atoms with Crippen molar-refractivity contribution in [1.29, 1.82) is 0 Å². The molecule has 2 N–H and O–H groups in total. The summed E-state index contributed by atoms with van der Waals surface area (Å²) in [6.07, 6.45) is 1.59. The third kappa shape index (κ3) is 4.34. The molecule has 0 saturated carbocycles. The number of aromatic nitrogens is 1. The summed E-state index contributed by atoms with van der Waals surface area (Å²) in [7, 11) is 0. The van der Waals surface area contributed by atoms with E-state index in [4.69, 9.17) is 10.5 Å². The second kappa shape index (κ2) is 6.52. The molecule has 6 nitrogen and oxygen atoms in total. The van der Waals surface area contributed by atoms with Crippen LogP contribution < -0.4 is 5.73 Å². The minimum absolute atomic E-state index is 0.228. The highest BCUT2D eigenvalue weighted by molar-refractivity contribution is 5.68. The Morgan fingerprint density at radius 3 is 2.41 bits per heavy atom. The molecule has 0 aromatic carbocycles. The Kier molecular flexibility index (Phi) is 4.90. The van der Waals surface area contributed by atoms with Crippen LogP contribution in [0.3, 0.4) is 0 Å². The van der Waals surface area contributed by atoms with Crippen molar-refractivity contribution in [2.75, 3.05) is 31.9 Å². The van der Waals surface area contributed by atoms with Crippen LogP contribution in [-0.2, 0) is 4.74 Å². The van der Waals surface area contributed by atoms with Crippen molar-refractivity contribution in [2.45, 2.75) is 39.3 Å². The van der Waals surface area contributed by atoms with Crippen molar-refractivity contribution in [1.82, 2.24) is 14.8 Å². The third-order valence-corrected chi connectivity index (χ3v) is 3.81. The third-order valence-electron chi connectivity index (χ3n) is 3.81. The van der Waals surface area contributed by atoms with E-state index < -0.39 is 5.60 Å². The Hall–Kier alpha value is -1.82. The zero-order chi connectivity index (χ0) is 16.3. The van der Waals surface area contributed by atoms with Crippen molar-refractivity contribution in [3.05, 3.63) is 23.9 Å². The van der Waals surface area contributed by atoms with E-state index in [0.29, 0.717) is 18.9 Å². The predicted molar refractivity (Wildman–Crippen MR) is 86.4 cm³/mol. The van der Waals surface area contributed by atoms with Crippen LogP contribution in [0.1, 0.15) is 39.3 Å². The summed E-state index contributed by atoms with van der Waals surface area (Å²) < 4.78 is 5.42. The SMILES string of the molecule is CC(c1ccc(N)nc1)N1CCN(C(=O)OC(C)(C)C)CC1. The fourth-order valence-electron chi connectivity index (χ4n) is 2.49. The molecule has 1 aliphatic rings. The molecule has 1 aliphatic heterocycles. The lowest BCUT2D eigenvalue weighted by Crippen LogP contribution is -2.50. The molecule has 6 heteroatoms. The first kappa shape index (κ1) is 16.5. The van der Waals surface area contributed by atoms with Crippen molar-refractivity contribution in [3.8, 4) is 0 Å². The monoisotopic (exact) mass is 306 g/mol. The van der Waals surface area contributed by atoms with Crippen molar-refractivity contribution >= 4 is 11.9 Å². The Labute approximate surface area is 132 Å². The molecule has 1 atom stereocenters. The van der Waals surface area contributed by atoms with Crippen LogP contribution in [0.15, 0.2) is 18.3 Å². The number of pyridine rings is 1. The first-order chi connectivity index (χ1) is 10.3. The maximum atomic E-state index is 12.1. The van der Waals surface area contributed by atoms with Crippen LogP contribution in [-0.4, -0.2) is 52.7 Å². The lowest BCUT2D eigenvalue weighted by Gasteiger charge is -2.38. The first-order valence-corrected chi connectivity index (χ1v) is 7.69. The average Bonchev–Trinajstić information content (AvgIpc) is 2.46. The van der Waals surface area contributed by atoms with Gasteiger partial charge in [0, 0.05) is 38.4 Å². The standard InChI is InChI=1S/C16H26N4O2/c1-12(13-5-6-14(17)18-11-13)19-7-9-20(10-8-19)15(21)22-16(2,3)4/h5-6,11-12H,7-10H2,1-4H3,(H2,17,18). The second-order valence-electron chi connectivity index (χ2n) is 6.70. The molecule has 1 fully saturated rings. The van der Waals surface area contributed by atoms with Crippen LogP contribution in [0, 0.1) is 0 Å². The van der Waals surface area contributed by atoms with Crippen LogP contribution in [0.5, 0.6) is 0 Å². The van der Waals surface area contributed by atoms with E-state index in [1.807, 2.05) is 39.1 Å². The molecule has 0 spiro atoms. The normalized spacial score (nSPS) is 18.1. The molecule has 1 aromatic heterocycles. The minimum atomic E-state index is -0.447. The van der Waals surface area contributed by atoms with E-state index >= 15 is 0 Å². The zero-order valence-corrected chi connectivity index (χ0v) is 13.9. The van der Waals surface area contributed by atoms with E-state index in [9.17, 15) is 4.79 Å². The van der Waals surface area contributed by atoms with Gasteiger partial charge in [0.1, 0.15) is 11.4 Å². The van der Waals surface area contributed by atoms with Gasteiger partial charge in [-0.2, -0.15) is 0 Å². The largest absolute Gasteiger partial charge is 0.444 e. The molecule has 1 amide bonds. The highest BCUT2D eigenvalue weighted by Crippen LogP contribution is 2.22. The topological polar surface area (TPSA) is 71.7 Å². The van der Waals surface area contributed by atoms with Crippen molar-refractivity contribution in [2.24, 2.45) is 0 Å². The van der Waals surface area contributed by atoms with Gasteiger partial charge in [0.25, 0.3) is 0 Å². The minimum Gasteiger partial charge on any atom is -0.444 e. The molecular formula is C16H26N4O2. The van der Waals surface area contributed by atoms with Gasteiger partial charge in [-0.15, -0.1) is 0 Å². The molecule has 1 saturated heterocycles. The molecule has 22 heavy (non-hydrogen) atoms. The van der Waals surface area contributed by atoms with E-state index in [1.54, 1.807) is 4.90 Å². The molecular weight excluding hydrogens is 280 g/mol. The number of hydrogen-bond donors (Lipinski definition) is 1. The summed E-state index contributed by atoms with van der Waals surface area (Å²) in [4.78, 5) is 20.3. The maximum absolute atomic E-state index is 12.1. The number of piperazine rings is 1. The fraction of sp³-hybridized carbons (Fsp3) is 0.625. The van der Waals surface area contributed by atoms with Crippen LogP contribution in [0.2, 0.25) is 0 Å². The van der Waals surface area contributed by atoms with Crippen LogP contribution >= 0.6 is 0 Å². The molecule has 0 aliphatic carbocycles. The first-order valence-electron chi connectivity index (χ1n) is 7.69. The van der Waals surface area contributed by atoms with Crippen molar-refractivity contribution < 1.29 is 9.53 Å². The quantitative estimate of drug-likeness (QED) is 0.907. The molecule has 2 rings (SSSR count). The van der Waals surface area contributed by atoms with Gasteiger partial charge in [-0.3, -0.25) is 4.90 Å². The van der Waals surface area contributed by atoms with E-state index in [2.05, 4.69) is 16.8 Å². The van der Waals surface area contributed by atoms with Gasteiger partial charge in [0.15, 0.2) is 0 Å². The highest BCUT2D eigenvalue weighted by atomic mass is 16.6. The number of nitrogens with two attached hydrogens (primary N) is 1. The summed E-state index contributed by atoms with van der Waals surface area (Å²) in [6, 6.07) is 4.09. The number of anilines is 1. The molecule has 1 unspecified atom stereocenters. The summed E-state index contributed by atoms with van der Waals surface area (Å²) in [6.45, 7) is 10.8. The van der Waals surface area contributed by atoms with Gasteiger partial charge in [0.2, 0.25) is 0 Å². The van der Waals surface area contributed by atoms with Crippen molar-refractivity contribution in [3.63, 3.8) is 0 Å². The molecule has 122 valence electrons. The number of nitrogen functional groups attached to an aromatic ring is 1. The Morgan fingerprint density at radius 2 is 1.91 bits per heavy atom. The zero-order valence-electron chi connectivity index (χ0n) is 13.9.